The molecule has 3 nitrogen and oxygen atoms in total. The Hall–Kier alpha value is -0.120. The third-order valence-electron chi connectivity index (χ3n) is 6.07. The van der Waals surface area contributed by atoms with Crippen molar-refractivity contribution in [3.05, 3.63) is 0 Å². The lowest BCUT2D eigenvalue weighted by Crippen LogP contribution is -2.58. The molecule has 21 heavy (non-hydrogen) atoms. The standard InChI is InChI=1S/C18H35N3/c1-4-10-18(11-5-1,21-13-7-2-8-14-21)16-19-15-17-9-3-6-12-20-17/h17,19-20H,1-16H2. The molecule has 3 heteroatoms. The molecule has 1 saturated carbocycles. The molecular weight excluding hydrogens is 258 g/mol. The van der Waals surface area contributed by atoms with Gasteiger partial charge in [-0.25, -0.2) is 0 Å². The largest absolute Gasteiger partial charge is 0.313 e. The van der Waals surface area contributed by atoms with Crippen LogP contribution in [0.25, 0.3) is 0 Å². The van der Waals surface area contributed by atoms with E-state index in [9.17, 15) is 0 Å². The first-order valence-corrected chi connectivity index (χ1v) is 9.58. The minimum atomic E-state index is 0.493. The average Bonchev–Trinajstić information content (AvgIpc) is 2.58. The maximum absolute atomic E-state index is 3.86. The highest BCUT2D eigenvalue weighted by atomic mass is 15.2. The van der Waals surface area contributed by atoms with Crippen LogP contribution in [0.3, 0.4) is 0 Å². The van der Waals surface area contributed by atoms with Crippen molar-refractivity contribution in [1.82, 2.24) is 15.5 Å². The third kappa shape index (κ3) is 4.20. The van der Waals surface area contributed by atoms with Crippen LogP contribution in [0.15, 0.2) is 0 Å². The maximum Gasteiger partial charge on any atom is 0.0333 e. The van der Waals surface area contributed by atoms with E-state index in [1.165, 1.54) is 103 Å². The van der Waals surface area contributed by atoms with Gasteiger partial charge < -0.3 is 10.6 Å². The molecule has 3 rings (SSSR count). The molecule has 2 aliphatic heterocycles. The minimum absolute atomic E-state index is 0.493. The first-order valence-electron chi connectivity index (χ1n) is 9.58. The molecule has 0 amide bonds. The summed E-state index contributed by atoms with van der Waals surface area (Å²) in [6.45, 7) is 6.33. The van der Waals surface area contributed by atoms with Crippen molar-refractivity contribution in [2.75, 3.05) is 32.7 Å². The van der Waals surface area contributed by atoms with Crippen LogP contribution in [0.1, 0.15) is 70.6 Å². The lowest BCUT2D eigenvalue weighted by molar-refractivity contribution is 0.0331. The molecule has 1 aliphatic carbocycles. The lowest BCUT2D eigenvalue weighted by atomic mass is 9.79. The van der Waals surface area contributed by atoms with Gasteiger partial charge in [-0.2, -0.15) is 0 Å². The van der Waals surface area contributed by atoms with E-state index in [1.807, 2.05) is 0 Å². The zero-order chi connectivity index (χ0) is 14.4. The molecule has 0 bridgehead atoms. The first-order chi connectivity index (χ1) is 10.4. The zero-order valence-electron chi connectivity index (χ0n) is 13.8. The highest BCUT2D eigenvalue weighted by molar-refractivity contribution is 4.96. The molecule has 3 fully saturated rings. The Bertz CT molecular complexity index is 287. The summed E-state index contributed by atoms with van der Waals surface area (Å²) in [5, 5.41) is 7.53. The molecule has 122 valence electrons. The van der Waals surface area contributed by atoms with E-state index >= 15 is 0 Å². The molecule has 0 aromatic heterocycles. The highest BCUT2D eigenvalue weighted by Gasteiger charge is 2.37. The van der Waals surface area contributed by atoms with Crippen LogP contribution in [0.2, 0.25) is 0 Å². The van der Waals surface area contributed by atoms with Crippen LogP contribution in [-0.2, 0) is 0 Å². The van der Waals surface area contributed by atoms with Crippen LogP contribution >= 0.6 is 0 Å². The zero-order valence-corrected chi connectivity index (χ0v) is 13.8. The second-order valence-corrected chi connectivity index (χ2v) is 7.61. The number of rotatable bonds is 5. The number of nitrogens with one attached hydrogen (secondary N) is 2. The van der Waals surface area contributed by atoms with E-state index in [0.29, 0.717) is 5.54 Å². The van der Waals surface area contributed by atoms with E-state index in [4.69, 9.17) is 0 Å². The summed E-state index contributed by atoms with van der Waals surface area (Å²) in [6, 6.07) is 0.723. The molecule has 1 unspecified atom stereocenters. The van der Waals surface area contributed by atoms with Crippen molar-refractivity contribution < 1.29 is 0 Å². The van der Waals surface area contributed by atoms with Gasteiger partial charge in [0.05, 0.1) is 0 Å². The van der Waals surface area contributed by atoms with Crippen molar-refractivity contribution in [2.24, 2.45) is 0 Å². The Morgan fingerprint density at radius 2 is 1.67 bits per heavy atom. The van der Waals surface area contributed by atoms with Crippen molar-refractivity contribution in [2.45, 2.75) is 82.2 Å². The van der Waals surface area contributed by atoms with Crippen molar-refractivity contribution in [1.29, 1.82) is 0 Å². The molecule has 0 spiro atoms. The Morgan fingerprint density at radius 3 is 2.38 bits per heavy atom. The van der Waals surface area contributed by atoms with E-state index in [2.05, 4.69) is 15.5 Å². The van der Waals surface area contributed by atoms with Gasteiger partial charge in [0.15, 0.2) is 0 Å². The Labute approximate surface area is 131 Å². The fourth-order valence-corrected chi connectivity index (χ4v) is 4.76. The summed E-state index contributed by atoms with van der Waals surface area (Å²) < 4.78 is 0. The van der Waals surface area contributed by atoms with Gasteiger partial charge in [-0.05, 0) is 58.2 Å². The summed E-state index contributed by atoms with van der Waals surface area (Å²) in [4.78, 5) is 2.86. The SMILES string of the molecule is C1CCN(C2(CNCC3CCCCN3)CCCCC2)CC1. The van der Waals surface area contributed by atoms with Crippen molar-refractivity contribution in [3.8, 4) is 0 Å². The van der Waals surface area contributed by atoms with Gasteiger partial charge in [-0.15, -0.1) is 0 Å². The number of hydrogen-bond donors (Lipinski definition) is 2. The first kappa shape index (κ1) is 15.8. The fourth-order valence-electron chi connectivity index (χ4n) is 4.76. The number of piperidine rings is 2. The summed E-state index contributed by atoms with van der Waals surface area (Å²) >= 11 is 0. The van der Waals surface area contributed by atoms with E-state index in [-0.39, 0.29) is 0 Å². The van der Waals surface area contributed by atoms with Gasteiger partial charge in [0.2, 0.25) is 0 Å². The summed E-state index contributed by atoms with van der Waals surface area (Å²) in [6.07, 6.45) is 15.6. The van der Waals surface area contributed by atoms with Crippen LogP contribution in [0.4, 0.5) is 0 Å². The fraction of sp³-hybridized carbons (Fsp3) is 1.00. The monoisotopic (exact) mass is 293 g/mol. The van der Waals surface area contributed by atoms with Crippen LogP contribution < -0.4 is 10.6 Å². The minimum Gasteiger partial charge on any atom is -0.313 e. The molecule has 1 atom stereocenters. The van der Waals surface area contributed by atoms with Crippen molar-refractivity contribution >= 4 is 0 Å². The Balaban J connectivity index is 1.51. The lowest BCUT2D eigenvalue weighted by Gasteiger charge is -2.48. The maximum atomic E-state index is 3.86. The molecular formula is C18H35N3. The number of likely N-dealkylation sites (tertiary alicyclic amines) is 1. The Kier molecular flexibility index (Phi) is 5.96. The molecule has 0 aromatic carbocycles. The number of hydrogen-bond acceptors (Lipinski definition) is 3. The summed E-state index contributed by atoms with van der Waals surface area (Å²) in [5.74, 6) is 0. The second-order valence-electron chi connectivity index (χ2n) is 7.61. The normalized spacial score (nSPS) is 31.1. The smallest absolute Gasteiger partial charge is 0.0333 e. The molecule has 2 heterocycles. The van der Waals surface area contributed by atoms with Gasteiger partial charge in [0, 0.05) is 24.7 Å². The predicted octanol–water partition coefficient (Wildman–Crippen LogP) is 2.91. The quantitative estimate of drug-likeness (QED) is 0.816. The van der Waals surface area contributed by atoms with Gasteiger partial charge in [-0.3, -0.25) is 4.90 Å². The van der Waals surface area contributed by atoms with Crippen molar-refractivity contribution in [3.63, 3.8) is 0 Å². The van der Waals surface area contributed by atoms with Crippen LogP contribution in [0.5, 0.6) is 0 Å². The molecule has 2 N–H and O–H groups in total. The third-order valence-corrected chi connectivity index (χ3v) is 6.07. The van der Waals surface area contributed by atoms with Gasteiger partial charge in [-0.1, -0.05) is 32.1 Å². The van der Waals surface area contributed by atoms with E-state index < -0.39 is 0 Å². The van der Waals surface area contributed by atoms with Gasteiger partial charge in [0.1, 0.15) is 0 Å². The molecule has 2 saturated heterocycles. The van der Waals surface area contributed by atoms with Gasteiger partial charge in [0.25, 0.3) is 0 Å². The molecule has 0 radical (unpaired) electrons. The predicted molar refractivity (Wildman–Crippen MR) is 89.8 cm³/mol. The highest BCUT2D eigenvalue weighted by Crippen LogP contribution is 2.35. The topological polar surface area (TPSA) is 27.3 Å². The van der Waals surface area contributed by atoms with Gasteiger partial charge >= 0.3 is 0 Å². The summed E-state index contributed by atoms with van der Waals surface area (Å²) in [7, 11) is 0. The van der Waals surface area contributed by atoms with E-state index in [0.717, 1.165) is 6.04 Å². The second kappa shape index (κ2) is 7.94. The Morgan fingerprint density at radius 1 is 0.905 bits per heavy atom. The van der Waals surface area contributed by atoms with E-state index in [1.54, 1.807) is 0 Å². The average molecular weight is 293 g/mol. The summed E-state index contributed by atoms with van der Waals surface area (Å²) in [5.41, 5.74) is 0.493. The van der Waals surface area contributed by atoms with Crippen LogP contribution in [0, 0.1) is 0 Å². The molecule has 0 aromatic rings. The molecule has 3 aliphatic rings. The number of nitrogens with zero attached hydrogens (tertiary/aromatic N) is 1. The van der Waals surface area contributed by atoms with Crippen LogP contribution in [-0.4, -0.2) is 49.2 Å².